The zero-order valence-corrected chi connectivity index (χ0v) is 10.5. The Bertz CT molecular complexity index is 448. The second kappa shape index (κ2) is 4.99. The molecule has 0 saturated heterocycles. The van der Waals surface area contributed by atoms with E-state index in [9.17, 15) is 9.59 Å². The number of hydrogen-bond acceptors (Lipinski definition) is 4. The first-order chi connectivity index (χ1) is 7.78. The SMILES string of the molecule is CN(Cc1cc(=O)[nH]cn1)C(=O)OC(C)(C)C. The summed E-state index contributed by atoms with van der Waals surface area (Å²) < 4.78 is 5.18. The summed E-state index contributed by atoms with van der Waals surface area (Å²) in [6, 6.07) is 1.35. The van der Waals surface area contributed by atoms with E-state index in [4.69, 9.17) is 4.74 Å². The van der Waals surface area contributed by atoms with Crippen molar-refractivity contribution in [3.05, 3.63) is 28.4 Å². The highest BCUT2D eigenvalue weighted by atomic mass is 16.6. The van der Waals surface area contributed by atoms with Gasteiger partial charge in [-0.25, -0.2) is 9.78 Å². The van der Waals surface area contributed by atoms with Gasteiger partial charge in [-0.05, 0) is 20.8 Å². The van der Waals surface area contributed by atoms with Crippen molar-refractivity contribution in [3.63, 3.8) is 0 Å². The number of H-pyrrole nitrogens is 1. The van der Waals surface area contributed by atoms with Crippen LogP contribution in [0.15, 0.2) is 17.2 Å². The third-order valence-electron chi connectivity index (χ3n) is 1.84. The molecule has 0 aliphatic carbocycles. The zero-order valence-electron chi connectivity index (χ0n) is 10.5. The average Bonchev–Trinajstić information content (AvgIpc) is 2.14. The molecule has 6 nitrogen and oxygen atoms in total. The minimum absolute atomic E-state index is 0.235. The first-order valence-electron chi connectivity index (χ1n) is 5.25. The number of aromatic nitrogens is 2. The number of carbonyl (C=O) groups is 1. The van der Waals surface area contributed by atoms with Crippen molar-refractivity contribution in [2.45, 2.75) is 32.9 Å². The standard InChI is InChI=1S/C11H17N3O3/c1-11(2,3)17-10(16)14(4)6-8-5-9(15)13-7-12-8/h5,7H,6H2,1-4H3,(H,12,13,15). The Labute approximate surface area is 99.6 Å². The van der Waals surface area contributed by atoms with Crippen molar-refractivity contribution in [2.75, 3.05) is 7.05 Å². The maximum Gasteiger partial charge on any atom is 0.410 e. The molecule has 0 spiro atoms. The van der Waals surface area contributed by atoms with Crippen LogP contribution in [0.1, 0.15) is 26.5 Å². The minimum Gasteiger partial charge on any atom is -0.444 e. The summed E-state index contributed by atoms with van der Waals surface area (Å²) in [7, 11) is 1.59. The maximum atomic E-state index is 11.6. The van der Waals surface area contributed by atoms with Crippen molar-refractivity contribution in [3.8, 4) is 0 Å². The molecule has 1 aromatic heterocycles. The number of amides is 1. The van der Waals surface area contributed by atoms with E-state index in [1.807, 2.05) is 0 Å². The van der Waals surface area contributed by atoms with E-state index in [0.717, 1.165) is 0 Å². The lowest BCUT2D eigenvalue weighted by Gasteiger charge is -2.24. The van der Waals surface area contributed by atoms with E-state index >= 15 is 0 Å². The zero-order chi connectivity index (χ0) is 13.1. The Hall–Kier alpha value is -1.85. The summed E-state index contributed by atoms with van der Waals surface area (Å²) >= 11 is 0. The molecular weight excluding hydrogens is 222 g/mol. The molecule has 0 unspecified atom stereocenters. The van der Waals surface area contributed by atoms with Gasteiger partial charge in [0.1, 0.15) is 5.60 Å². The first kappa shape index (κ1) is 13.2. The number of aromatic amines is 1. The van der Waals surface area contributed by atoms with Gasteiger partial charge in [-0.1, -0.05) is 0 Å². The van der Waals surface area contributed by atoms with Gasteiger partial charge in [0.05, 0.1) is 18.6 Å². The molecule has 17 heavy (non-hydrogen) atoms. The van der Waals surface area contributed by atoms with Crippen LogP contribution in [0.25, 0.3) is 0 Å². The molecule has 0 saturated carbocycles. The summed E-state index contributed by atoms with van der Waals surface area (Å²) in [5.41, 5.74) is -0.262. The monoisotopic (exact) mass is 239 g/mol. The van der Waals surface area contributed by atoms with Crippen molar-refractivity contribution in [1.29, 1.82) is 0 Å². The van der Waals surface area contributed by atoms with Crippen LogP contribution in [0.2, 0.25) is 0 Å². The van der Waals surface area contributed by atoms with Crippen molar-refractivity contribution in [2.24, 2.45) is 0 Å². The van der Waals surface area contributed by atoms with E-state index in [1.165, 1.54) is 17.3 Å². The summed E-state index contributed by atoms with van der Waals surface area (Å²) in [4.78, 5) is 30.4. The van der Waals surface area contributed by atoms with Gasteiger partial charge in [-0.3, -0.25) is 4.79 Å². The summed E-state index contributed by atoms with van der Waals surface area (Å²) in [6.07, 6.45) is 0.861. The predicted molar refractivity (Wildman–Crippen MR) is 62.6 cm³/mol. The third kappa shape index (κ3) is 4.67. The minimum atomic E-state index is -0.535. The Balaban J connectivity index is 2.63. The van der Waals surface area contributed by atoms with Crippen LogP contribution in [0.4, 0.5) is 4.79 Å². The van der Waals surface area contributed by atoms with Gasteiger partial charge < -0.3 is 14.6 Å². The Morgan fingerprint density at radius 1 is 1.53 bits per heavy atom. The van der Waals surface area contributed by atoms with Gasteiger partial charge >= 0.3 is 6.09 Å². The largest absolute Gasteiger partial charge is 0.444 e. The number of hydrogen-bond donors (Lipinski definition) is 1. The quantitative estimate of drug-likeness (QED) is 0.839. The highest BCUT2D eigenvalue weighted by Crippen LogP contribution is 2.10. The van der Waals surface area contributed by atoms with E-state index in [1.54, 1.807) is 27.8 Å². The molecule has 6 heteroatoms. The molecule has 0 atom stereocenters. The molecule has 0 radical (unpaired) electrons. The molecular formula is C11H17N3O3. The van der Waals surface area contributed by atoms with Crippen molar-refractivity contribution < 1.29 is 9.53 Å². The summed E-state index contributed by atoms with van der Waals surface area (Å²) in [6.45, 7) is 5.62. The molecule has 0 bridgehead atoms. The van der Waals surface area contributed by atoms with Crippen molar-refractivity contribution >= 4 is 6.09 Å². The van der Waals surface area contributed by atoms with Gasteiger partial charge in [-0.15, -0.1) is 0 Å². The lowest BCUT2D eigenvalue weighted by atomic mass is 10.2. The van der Waals surface area contributed by atoms with Crippen molar-refractivity contribution in [1.82, 2.24) is 14.9 Å². The number of nitrogens with one attached hydrogen (secondary N) is 1. The first-order valence-corrected chi connectivity index (χ1v) is 5.25. The van der Waals surface area contributed by atoms with Crippen LogP contribution < -0.4 is 5.56 Å². The van der Waals surface area contributed by atoms with E-state index in [-0.39, 0.29) is 12.1 Å². The van der Waals surface area contributed by atoms with Gasteiger partial charge in [0.25, 0.3) is 5.56 Å². The maximum absolute atomic E-state index is 11.6. The normalized spacial score (nSPS) is 11.1. The van der Waals surface area contributed by atoms with Crippen LogP contribution in [-0.2, 0) is 11.3 Å². The van der Waals surface area contributed by atoms with Crippen LogP contribution >= 0.6 is 0 Å². The Kier molecular flexibility index (Phi) is 3.88. The second-order valence-electron chi connectivity index (χ2n) is 4.74. The van der Waals surface area contributed by atoms with Gasteiger partial charge in [0, 0.05) is 13.1 Å². The van der Waals surface area contributed by atoms with Crippen LogP contribution in [-0.4, -0.2) is 33.6 Å². The fraction of sp³-hybridized carbons (Fsp3) is 0.545. The van der Waals surface area contributed by atoms with Gasteiger partial charge in [0.15, 0.2) is 0 Å². The topological polar surface area (TPSA) is 75.3 Å². The van der Waals surface area contributed by atoms with Gasteiger partial charge in [0.2, 0.25) is 0 Å². The number of rotatable bonds is 2. The van der Waals surface area contributed by atoms with E-state index in [2.05, 4.69) is 9.97 Å². The molecule has 1 aromatic rings. The Morgan fingerprint density at radius 3 is 2.71 bits per heavy atom. The molecule has 0 aliphatic rings. The summed E-state index contributed by atoms with van der Waals surface area (Å²) in [5.74, 6) is 0. The average molecular weight is 239 g/mol. The fourth-order valence-corrected chi connectivity index (χ4v) is 1.14. The van der Waals surface area contributed by atoms with Gasteiger partial charge in [-0.2, -0.15) is 0 Å². The fourth-order valence-electron chi connectivity index (χ4n) is 1.14. The summed E-state index contributed by atoms with van der Waals surface area (Å²) in [5, 5.41) is 0. The van der Waals surface area contributed by atoms with E-state index < -0.39 is 11.7 Å². The highest BCUT2D eigenvalue weighted by Gasteiger charge is 2.19. The number of ether oxygens (including phenoxy) is 1. The molecule has 1 N–H and O–H groups in total. The van der Waals surface area contributed by atoms with Crippen LogP contribution in [0.3, 0.4) is 0 Å². The molecule has 94 valence electrons. The molecule has 1 rings (SSSR count). The second-order valence-corrected chi connectivity index (χ2v) is 4.74. The predicted octanol–water partition coefficient (Wildman–Crippen LogP) is 1.14. The molecule has 0 aliphatic heterocycles. The molecule has 1 amide bonds. The van der Waals surface area contributed by atoms with E-state index in [0.29, 0.717) is 5.69 Å². The van der Waals surface area contributed by atoms with Crippen LogP contribution in [0.5, 0.6) is 0 Å². The lowest BCUT2D eigenvalue weighted by molar-refractivity contribution is 0.0283. The smallest absolute Gasteiger partial charge is 0.410 e. The molecule has 1 heterocycles. The highest BCUT2D eigenvalue weighted by molar-refractivity contribution is 5.67. The lowest BCUT2D eigenvalue weighted by Crippen LogP contribution is -2.34. The number of carbonyl (C=O) groups excluding carboxylic acids is 1. The number of nitrogens with zero attached hydrogens (tertiary/aromatic N) is 2. The molecule has 0 fully saturated rings. The third-order valence-corrected chi connectivity index (χ3v) is 1.84. The molecule has 0 aromatic carbocycles. The Morgan fingerprint density at radius 2 is 2.18 bits per heavy atom. The van der Waals surface area contributed by atoms with Crippen LogP contribution in [0, 0.1) is 0 Å².